The molecule has 164 valence electrons. The summed E-state index contributed by atoms with van der Waals surface area (Å²) in [6, 6.07) is 6.45. The molecule has 1 aliphatic heterocycles. The summed E-state index contributed by atoms with van der Waals surface area (Å²) in [7, 11) is -1.33. The fraction of sp³-hybridized carbons (Fsp3) is 0.474. The minimum absolute atomic E-state index is 0.137. The summed E-state index contributed by atoms with van der Waals surface area (Å²) < 4.78 is 13.6. The molecule has 1 fully saturated rings. The first kappa shape index (κ1) is 24.0. The third kappa shape index (κ3) is 7.51. The van der Waals surface area contributed by atoms with Gasteiger partial charge >= 0.3 is 0 Å². The molecular formula is C19H25ClN4O5S. The van der Waals surface area contributed by atoms with Crippen molar-refractivity contribution < 1.29 is 23.4 Å². The molecule has 1 aliphatic rings. The number of benzene rings is 1. The Hall–Kier alpha value is -2.30. The lowest BCUT2D eigenvalue weighted by Crippen LogP contribution is -2.50. The van der Waals surface area contributed by atoms with Gasteiger partial charge in [0.2, 0.25) is 17.6 Å². The van der Waals surface area contributed by atoms with Gasteiger partial charge in [-0.05, 0) is 37.0 Å². The summed E-state index contributed by atoms with van der Waals surface area (Å²) >= 11 is 5.81. The van der Waals surface area contributed by atoms with Gasteiger partial charge in [-0.25, -0.2) is 8.93 Å². The van der Waals surface area contributed by atoms with Gasteiger partial charge in [0.05, 0.1) is 24.1 Å². The van der Waals surface area contributed by atoms with Crippen LogP contribution in [0.15, 0.2) is 24.3 Å². The van der Waals surface area contributed by atoms with E-state index in [1.807, 2.05) is 12.1 Å². The highest BCUT2D eigenvalue weighted by atomic mass is 35.5. The number of hydrogen-bond acceptors (Lipinski definition) is 5. The highest BCUT2D eigenvalue weighted by Gasteiger charge is 2.34. The molecule has 1 saturated heterocycles. The smallest absolute Gasteiger partial charge is 0.289 e. The maximum atomic E-state index is 12.4. The van der Waals surface area contributed by atoms with Crippen LogP contribution in [0.5, 0.6) is 0 Å². The number of amides is 3. The van der Waals surface area contributed by atoms with Crippen LogP contribution in [0.25, 0.3) is 0 Å². The molecule has 0 spiro atoms. The van der Waals surface area contributed by atoms with Crippen LogP contribution < -0.4 is 15.4 Å². The number of Topliss-reactive ketones (excluding diaryl/α,β-unsaturated/α-hetero) is 1. The Morgan fingerprint density at radius 2 is 1.83 bits per heavy atom. The number of likely N-dealkylation sites (tertiary alicyclic amines) is 1. The number of rotatable bonds is 10. The molecule has 2 rings (SSSR count). The Morgan fingerprint density at radius 1 is 1.13 bits per heavy atom. The third-order valence-electron chi connectivity index (χ3n) is 4.59. The van der Waals surface area contributed by atoms with Crippen molar-refractivity contribution in [2.24, 2.45) is 0 Å². The first-order chi connectivity index (χ1) is 14.3. The van der Waals surface area contributed by atoms with Gasteiger partial charge in [-0.1, -0.05) is 23.7 Å². The molecule has 0 aliphatic carbocycles. The normalized spacial score (nSPS) is 16.7. The summed E-state index contributed by atoms with van der Waals surface area (Å²) in [5, 5.41) is 5.57. The number of carbonyl (C=O) groups excluding carboxylic acids is 4. The largest absolute Gasteiger partial charge is 0.349 e. The Balaban J connectivity index is 1.73. The molecule has 2 unspecified atom stereocenters. The van der Waals surface area contributed by atoms with Crippen molar-refractivity contribution in [2.75, 3.05) is 32.4 Å². The number of hydrogen-bond donors (Lipinski definition) is 3. The van der Waals surface area contributed by atoms with Crippen LogP contribution in [0.3, 0.4) is 0 Å². The molecule has 9 nitrogen and oxygen atoms in total. The van der Waals surface area contributed by atoms with E-state index in [2.05, 4.69) is 15.4 Å². The predicted octanol–water partition coefficient (Wildman–Crippen LogP) is -0.442. The van der Waals surface area contributed by atoms with E-state index < -0.39 is 41.2 Å². The summed E-state index contributed by atoms with van der Waals surface area (Å²) in [6.45, 7) is 0.105. The van der Waals surface area contributed by atoms with Crippen LogP contribution in [-0.2, 0) is 36.6 Å². The van der Waals surface area contributed by atoms with Crippen molar-refractivity contribution in [2.45, 2.75) is 25.3 Å². The Kier molecular flexibility index (Phi) is 9.41. The fourth-order valence-electron chi connectivity index (χ4n) is 3.04. The molecule has 3 N–H and O–H groups in total. The second kappa shape index (κ2) is 11.8. The molecule has 0 bridgehead atoms. The average molecular weight is 457 g/mol. The number of nitrogens with zero attached hydrogens (tertiary/aromatic N) is 1. The van der Waals surface area contributed by atoms with E-state index in [4.69, 9.17) is 11.6 Å². The van der Waals surface area contributed by atoms with Crippen molar-refractivity contribution in [3.8, 4) is 0 Å². The fourth-order valence-corrected chi connectivity index (χ4v) is 3.49. The zero-order chi connectivity index (χ0) is 22.1. The third-order valence-corrected chi connectivity index (χ3v) is 5.39. The molecule has 3 amide bonds. The summed E-state index contributed by atoms with van der Waals surface area (Å²) in [5.41, 5.74) is 0.966. The molecule has 2 atom stereocenters. The first-order valence-corrected chi connectivity index (χ1v) is 11.4. The lowest BCUT2D eigenvalue weighted by Gasteiger charge is -2.23. The van der Waals surface area contributed by atoms with E-state index in [-0.39, 0.29) is 19.0 Å². The highest BCUT2D eigenvalue weighted by Crippen LogP contribution is 2.17. The summed E-state index contributed by atoms with van der Waals surface area (Å²) in [4.78, 5) is 49.8. The van der Waals surface area contributed by atoms with Crippen LogP contribution in [0.1, 0.15) is 18.4 Å². The zero-order valence-corrected chi connectivity index (χ0v) is 18.2. The first-order valence-electron chi connectivity index (χ1n) is 9.47. The Bertz CT molecular complexity index is 818. The maximum absolute atomic E-state index is 12.4. The number of nitrogens with one attached hydrogen (secondary N) is 3. The quantitative estimate of drug-likeness (QED) is 0.411. The lowest BCUT2D eigenvalue weighted by atomic mass is 10.1. The SMILES string of the molecule is CS(=O)NCC(=O)N1CCCC1C(=O)NCC(=O)C(=O)NCCc1ccc(Cl)cc1. The number of ketones is 1. The number of carbonyl (C=O) groups is 4. The van der Waals surface area contributed by atoms with Crippen LogP contribution >= 0.6 is 11.6 Å². The molecular weight excluding hydrogens is 432 g/mol. The number of halogens is 1. The second-order valence-corrected chi connectivity index (χ2v) is 8.43. The molecule has 1 aromatic rings. The molecule has 0 saturated carbocycles. The van der Waals surface area contributed by atoms with Crippen molar-refractivity contribution in [3.63, 3.8) is 0 Å². The lowest BCUT2D eigenvalue weighted by molar-refractivity contribution is -0.140. The minimum atomic E-state index is -1.33. The topological polar surface area (TPSA) is 125 Å². The monoisotopic (exact) mass is 456 g/mol. The Morgan fingerprint density at radius 3 is 2.50 bits per heavy atom. The van der Waals surface area contributed by atoms with Gasteiger partial charge in [0, 0.05) is 24.4 Å². The van der Waals surface area contributed by atoms with Crippen molar-refractivity contribution in [1.82, 2.24) is 20.3 Å². The molecule has 1 aromatic carbocycles. The molecule has 0 aromatic heterocycles. The molecule has 30 heavy (non-hydrogen) atoms. The van der Waals surface area contributed by atoms with Gasteiger partial charge < -0.3 is 15.5 Å². The van der Waals surface area contributed by atoms with E-state index in [0.717, 1.165) is 5.56 Å². The van der Waals surface area contributed by atoms with E-state index >= 15 is 0 Å². The molecule has 0 radical (unpaired) electrons. The van der Waals surface area contributed by atoms with E-state index in [0.29, 0.717) is 30.8 Å². The van der Waals surface area contributed by atoms with Gasteiger partial charge in [0.1, 0.15) is 6.04 Å². The van der Waals surface area contributed by atoms with Crippen LogP contribution in [0.4, 0.5) is 0 Å². The summed E-state index contributed by atoms with van der Waals surface area (Å²) in [6.07, 6.45) is 3.07. The van der Waals surface area contributed by atoms with Gasteiger partial charge in [-0.2, -0.15) is 0 Å². The van der Waals surface area contributed by atoms with E-state index in [1.165, 1.54) is 11.2 Å². The van der Waals surface area contributed by atoms with Gasteiger partial charge in [-0.3, -0.25) is 19.2 Å². The molecule has 11 heteroatoms. The molecule has 1 heterocycles. The van der Waals surface area contributed by atoms with Gasteiger partial charge in [0.15, 0.2) is 0 Å². The minimum Gasteiger partial charge on any atom is -0.349 e. The second-order valence-electron chi connectivity index (χ2n) is 6.79. The summed E-state index contributed by atoms with van der Waals surface area (Å²) in [5.74, 6) is -2.37. The van der Waals surface area contributed by atoms with Gasteiger partial charge in [-0.15, -0.1) is 0 Å². The van der Waals surface area contributed by atoms with E-state index in [9.17, 15) is 23.4 Å². The maximum Gasteiger partial charge on any atom is 0.289 e. The van der Waals surface area contributed by atoms with Gasteiger partial charge in [0.25, 0.3) is 5.91 Å². The predicted molar refractivity (Wildman–Crippen MR) is 113 cm³/mol. The van der Waals surface area contributed by atoms with Crippen LogP contribution in [-0.4, -0.2) is 71.1 Å². The van der Waals surface area contributed by atoms with E-state index in [1.54, 1.807) is 12.1 Å². The van der Waals surface area contributed by atoms with Crippen molar-refractivity contribution in [1.29, 1.82) is 0 Å². The van der Waals surface area contributed by atoms with Crippen molar-refractivity contribution >= 4 is 46.1 Å². The zero-order valence-electron chi connectivity index (χ0n) is 16.6. The Labute approximate surface area is 182 Å². The standard InChI is InChI=1S/C19H25ClN4O5S/c1-30(29)23-12-17(26)24-10-2-3-15(24)18(27)22-11-16(25)19(28)21-9-8-13-4-6-14(20)7-5-13/h4-7,15,23H,2-3,8-12H2,1H3,(H,21,28)(H,22,27). The average Bonchev–Trinajstić information content (AvgIpc) is 3.21. The highest BCUT2D eigenvalue weighted by molar-refractivity contribution is 7.82. The van der Waals surface area contributed by atoms with Crippen LogP contribution in [0, 0.1) is 0 Å². The van der Waals surface area contributed by atoms with Crippen molar-refractivity contribution in [3.05, 3.63) is 34.9 Å². The van der Waals surface area contributed by atoms with Crippen LogP contribution in [0.2, 0.25) is 5.02 Å².